The first kappa shape index (κ1) is 14.2. The third-order valence-electron chi connectivity index (χ3n) is 2.40. The molecule has 0 amide bonds. The molecule has 0 atom stereocenters. The maximum atomic E-state index is 10.5. The molecule has 2 rings (SSSR count). The van der Waals surface area contributed by atoms with Crippen molar-refractivity contribution in [2.24, 2.45) is 0 Å². The molecule has 7 nitrogen and oxygen atoms in total. The summed E-state index contributed by atoms with van der Waals surface area (Å²) in [5, 5.41) is 16.7. The smallest absolute Gasteiger partial charge is 0.313 e. The molecule has 0 bridgehead atoms. The maximum Gasteiger partial charge on any atom is 0.313 e. The van der Waals surface area contributed by atoms with Gasteiger partial charge in [0.05, 0.1) is 12.4 Å². The first-order chi connectivity index (χ1) is 9.66. The van der Waals surface area contributed by atoms with Crippen LogP contribution in [0.3, 0.4) is 0 Å². The molecule has 1 aromatic carbocycles. The Morgan fingerprint density at radius 1 is 1.35 bits per heavy atom. The summed E-state index contributed by atoms with van der Waals surface area (Å²) < 4.78 is 6.83. The Balaban J connectivity index is 1.85. The summed E-state index contributed by atoms with van der Waals surface area (Å²) in [7, 11) is 0. The number of nitrogens with two attached hydrogens (primary N) is 1. The molecule has 0 spiro atoms. The number of nitrogen functional groups attached to an aromatic ring is 1. The van der Waals surface area contributed by atoms with Crippen LogP contribution in [0.1, 0.15) is 5.82 Å². The highest BCUT2D eigenvalue weighted by Crippen LogP contribution is 2.14. The monoisotopic (exact) mass is 294 g/mol. The SMILES string of the molecule is Nn1c(CCOc2ccccc2)nnc1SCC(=O)O. The lowest BCUT2D eigenvalue weighted by atomic mass is 10.3. The summed E-state index contributed by atoms with van der Waals surface area (Å²) in [4.78, 5) is 10.5. The van der Waals surface area contributed by atoms with Gasteiger partial charge in [-0.25, -0.2) is 4.68 Å². The second-order valence-corrected chi connectivity index (χ2v) is 4.81. The molecule has 1 aromatic heterocycles. The van der Waals surface area contributed by atoms with E-state index in [0.717, 1.165) is 17.5 Å². The van der Waals surface area contributed by atoms with Gasteiger partial charge >= 0.3 is 5.97 Å². The number of carboxylic acid groups (broad SMARTS) is 1. The van der Waals surface area contributed by atoms with Crippen molar-refractivity contribution in [2.75, 3.05) is 18.2 Å². The van der Waals surface area contributed by atoms with Gasteiger partial charge in [-0.15, -0.1) is 10.2 Å². The summed E-state index contributed by atoms with van der Waals surface area (Å²) >= 11 is 1.03. The molecule has 8 heteroatoms. The van der Waals surface area contributed by atoms with Crippen LogP contribution in [0, 0.1) is 0 Å². The number of rotatable bonds is 7. The van der Waals surface area contributed by atoms with Gasteiger partial charge in [-0.05, 0) is 12.1 Å². The van der Waals surface area contributed by atoms with E-state index in [4.69, 9.17) is 15.7 Å². The maximum absolute atomic E-state index is 10.5. The van der Waals surface area contributed by atoms with Gasteiger partial charge in [0.15, 0.2) is 5.82 Å². The molecule has 0 aliphatic heterocycles. The topological polar surface area (TPSA) is 103 Å². The Morgan fingerprint density at radius 2 is 2.10 bits per heavy atom. The van der Waals surface area contributed by atoms with Crippen LogP contribution in [-0.4, -0.2) is 38.3 Å². The van der Waals surface area contributed by atoms with E-state index in [0.29, 0.717) is 24.0 Å². The summed E-state index contributed by atoms with van der Waals surface area (Å²) in [5.74, 6) is 6.09. The van der Waals surface area contributed by atoms with Crippen molar-refractivity contribution in [3.63, 3.8) is 0 Å². The van der Waals surface area contributed by atoms with E-state index in [1.165, 1.54) is 4.68 Å². The van der Waals surface area contributed by atoms with Gasteiger partial charge in [0.25, 0.3) is 0 Å². The largest absolute Gasteiger partial charge is 0.493 e. The summed E-state index contributed by atoms with van der Waals surface area (Å²) in [6, 6.07) is 9.42. The van der Waals surface area contributed by atoms with Crippen molar-refractivity contribution in [3.05, 3.63) is 36.2 Å². The lowest BCUT2D eigenvalue weighted by Gasteiger charge is -2.05. The number of ether oxygens (including phenoxy) is 1. The molecule has 0 radical (unpaired) electrons. The standard InChI is InChI=1S/C12H14N4O3S/c13-16-10(14-15-12(16)20-8-11(17)18)6-7-19-9-4-2-1-3-5-9/h1-5H,6-8,13H2,(H,17,18). The van der Waals surface area contributed by atoms with Crippen LogP contribution in [-0.2, 0) is 11.2 Å². The Bertz CT molecular complexity index is 573. The van der Waals surface area contributed by atoms with Crippen molar-refractivity contribution < 1.29 is 14.6 Å². The van der Waals surface area contributed by atoms with E-state index >= 15 is 0 Å². The summed E-state index contributed by atoms with van der Waals surface area (Å²) in [6.45, 7) is 0.420. The highest BCUT2D eigenvalue weighted by Gasteiger charge is 2.11. The number of thioether (sulfide) groups is 1. The summed E-state index contributed by atoms with van der Waals surface area (Å²) in [6.07, 6.45) is 0.492. The number of para-hydroxylation sites is 1. The second-order valence-electron chi connectivity index (χ2n) is 3.86. The lowest BCUT2D eigenvalue weighted by molar-refractivity contribution is -0.133. The second kappa shape index (κ2) is 6.80. The minimum Gasteiger partial charge on any atom is -0.493 e. The molecule has 2 aromatic rings. The van der Waals surface area contributed by atoms with Gasteiger partial charge < -0.3 is 15.7 Å². The lowest BCUT2D eigenvalue weighted by Crippen LogP contribution is -2.16. The molecule has 106 valence electrons. The van der Waals surface area contributed by atoms with Gasteiger partial charge in [0.2, 0.25) is 5.16 Å². The van der Waals surface area contributed by atoms with Gasteiger partial charge in [0, 0.05) is 6.42 Å². The normalized spacial score (nSPS) is 10.4. The van der Waals surface area contributed by atoms with Crippen LogP contribution in [0.25, 0.3) is 0 Å². The molecule has 20 heavy (non-hydrogen) atoms. The fraction of sp³-hybridized carbons (Fsp3) is 0.250. The van der Waals surface area contributed by atoms with Crippen molar-refractivity contribution in [3.8, 4) is 5.75 Å². The zero-order valence-electron chi connectivity index (χ0n) is 10.6. The van der Waals surface area contributed by atoms with Crippen molar-refractivity contribution in [1.82, 2.24) is 14.9 Å². The molecule has 0 saturated carbocycles. The van der Waals surface area contributed by atoms with E-state index in [9.17, 15) is 4.79 Å². The van der Waals surface area contributed by atoms with Crippen LogP contribution in [0.4, 0.5) is 0 Å². The van der Waals surface area contributed by atoms with Crippen LogP contribution in [0.15, 0.2) is 35.5 Å². The molecular formula is C12H14N4O3S. The predicted molar refractivity (Wildman–Crippen MR) is 74.2 cm³/mol. The number of nitrogens with zero attached hydrogens (tertiary/aromatic N) is 3. The number of carboxylic acids is 1. The average Bonchev–Trinajstić information content (AvgIpc) is 2.79. The quantitative estimate of drug-likeness (QED) is 0.574. The summed E-state index contributed by atoms with van der Waals surface area (Å²) in [5.41, 5.74) is 0. The van der Waals surface area contributed by atoms with E-state index < -0.39 is 5.97 Å². The number of hydrogen-bond donors (Lipinski definition) is 2. The Kier molecular flexibility index (Phi) is 4.83. The third kappa shape index (κ3) is 3.89. The van der Waals surface area contributed by atoms with E-state index in [-0.39, 0.29) is 5.75 Å². The van der Waals surface area contributed by atoms with Crippen molar-refractivity contribution >= 4 is 17.7 Å². The van der Waals surface area contributed by atoms with Gasteiger partial charge in [-0.3, -0.25) is 4.79 Å². The molecule has 0 aliphatic carbocycles. The minimum atomic E-state index is -0.924. The molecule has 0 saturated heterocycles. The Hall–Kier alpha value is -2.22. The zero-order valence-corrected chi connectivity index (χ0v) is 11.4. The minimum absolute atomic E-state index is 0.101. The van der Waals surface area contributed by atoms with E-state index in [2.05, 4.69) is 10.2 Å². The molecule has 1 heterocycles. The fourth-order valence-corrected chi connectivity index (χ4v) is 2.07. The molecule has 0 unspecified atom stereocenters. The number of aromatic nitrogens is 3. The van der Waals surface area contributed by atoms with Gasteiger partial charge in [0.1, 0.15) is 5.75 Å². The molecule has 3 N–H and O–H groups in total. The first-order valence-electron chi connectivity index (χ1n) is 5.88. The van der Waals surface area contributed by atoms with Crippen molar-refractivity contribution in [2.45, 2.75) is 11.6 Å². The van der Waals surface area contributed by atoms with Crippen LogP contribution >= 0.6 is 11.8 Å². The Morgan fingerprint density at radius 3 is 2.80 bits per heavy atom. The molecule has 0 fully saturated rings. The molecule has 0 aliphatic rings. The first-order valence-corrected chi connectivity index (χ1v) is 6.87. The predicted octanol–water partition coefficient (Wildman–Crippen LogP) is 0.790. The highest BCUT2D eigenvalue weighted by molar-refractivity contribution is 7.99. The van der Waals surface area contributed by atoms with E-state index in [1.807, 2.05) is 30.3 Å². The molecular weight excluding hydrogens is 280 g/mol. The van der Waals surface area contributed by atoms with Gasteiger partial charge in [-0.1, -0.05) is 30.0 Å². The number of carbonyl (C=O) groups is 1. The highest BCUT2D eigenvalue weighted by atomic mass is 32.2. The van der Waals surface area contributed by atoms with Crippen LogP contribution in [0.5, 0.6) is 5.75 Å². The van der Waals surface area contributed by atoms with E-state index in [1.54, 1.807) is 0 Å². The van der Waals surface area contributed by atoms with Crippen molar-refractivity contribution in [1.29, 1.82) is 0 Å². The van der Waals surface area contributed by atoms with Crippen LogP contribution < -0.4 is 10.6 Å². The number of aliphatic carboxylic acids is 1. The Labute approximate surface area is 119 Å². The number of benzene rings is 1. The average molecular weight is 294 g/mol. The van der Waals surface area contributed by atoms with Crippen LogP contribution in [0.2, 0.25) is 0 Å². The third-order valence-corrected chi connectivity index (χ3v) is 3.33. The van der Waals surface area contributed by atoms with Gasteiger partial charge in [-0.2, -0.15) is 0 Å². The number of hydrogen-bond acceptors (Lipinski definition) is 6. The fourth-order valence-electron chi connectivity index (χ4n) is 1.48. The zero-order chi connectivity index (χ0) is 14.4.